The zero-order valence-corrected chi connectivity index (χ0v) is 27.6. The van der Waals surface area contributed by atoms with E-state index in [2.05, 4.69) is 34.6 Å². The van der Waals surface area contributed by atoms with Crippen LogP contribution < -0.4 is 0 Å². The molecule has 1 unspecified atom stereocenters. The first-order valence-corrected chi connectivity index (χ1v) is 17.7. The molecule has 4 aliphatic heterocycles. The number of ether oxygens (including phenoxy) is 5. The summed E-state index contributed by atoms with van der Waals surface area (Å²) in [5, 5.41) is 53.6. The molecule has 5 aliphatic carbocycles. The Kier molecular flexibility index (Phi) is 6.02. The van der Waals surface area contributed by atoms with Gasteiger partial charge < -0.3 is 49.2 Å². The summed E-state index contributed by atoms with van der Waals surface area (Å²) in [6.07, 6.45) is 0.714. The van der Waals surface area contributed by atoms with Gasteiger partial charge in [-0.2, -0.15) is 0 Å². The lowest BCUT2D eigenvalue weighted by atomic mass is 9.41. The van der Waals surface area contributed by atoms with Gasteiger partial charge in [-0.25, -0.2) is 0 Å². The molecule has 9 aliphatic rings. The van der Waals surface area contributed by atoms with Crippen LogP contribution in [0.3, 0.4) is 0 Å². The minimum absolute atomic E-state index is 0.0476. The molecule has 5 saturated carbocycles. The van der Waals surface area contributed by atoms with Gasteiger partial charge in [-0.05, 0) is 90.8 Å². The maximum absolute atomic E-state index is 12.1. The average Bonchev–Trinajstić information content (AvgIpc) is 3.82. The zero-order chi connectivity index (χ0) is 31.9. The quantitative estimate of drug-likeness (QED) is 0.226. The predicted octanol–water partition coefficient (Wildman–Crippen LogP) is 2.46. The third-order valence-electron chi connectivity index (χ3n) is 16.5. The molecule has 9 rings (SSSR count). The molecule has 19 atom stereocenters. The Bertz CT molecular complexity index is 1280. The highest BCUT2D eigenvalue weighted by Crippen LogP contribution is 2.89. The van der Waals surface area contributed by atoms with Crippen LogP contribution >= 0.6 is 0 Å². The fourth-order valence-corrected chi connectivity index (χ4v) is 14.2. The number of fused-ring (bicyclic) bond motifs is 6. The lowest BCUT2D eigenvalue weighted by Gasteiger charge is -2.64. The van der Waals surface area contributed by atoms with Gasteiger partial charge in [0.05, 0.1) is 24.9 Å². The van der Waals surface area contributed by atoms with E-state index in [1.165, 1.54) is 0 Å². The van der Waals surface area contributed by atoms with Gasteiger partial charge in [0.2, 0.25) is 5.79 Å². The van der Waals surface area contributed by atoms with Gasteiger partial charge in [-0.3, -0.25) is 0 Å². The van der Waals surface area contributed by atoms with Crippen molar-refractivity contribution in [3.63, 3.8) is 0 Å². The second kappa shape index (κ2) is 8.84. The lowest BCUT2D eigenvalue weighted by molar-refractivity contribution is -0.344. The van der Waals surface area contributed by atoms with E-state index in [1.807, 2.05) is 6.92 Å². The van der Waals surface area contributed by atoms with Crippen LogP contribution in [0.4, 0.5) is 0 Å². The molecule has 0 aromatic carbocycles. The number of hydrogen-bond acceptors (Lipinski definition) is 10. The van der Waals surface area contributed by atoms with Gasteiger partial charge in [0, 0.05) is 18.3 Å². The Morgan fingerprint density at radius 3 is 2.22 bits per heavy atom. The van der Waals surface area contributed by atoms with Crippen LogP contribution in [0.25, 0.3) is 0 Å². The summed E-state index contributed by atoms with van der Waals surface area (Å²) in [5.74, 6) is 0.665. The van der Waals surface area contributed by atoms with Crippen LogP contribution in [-0.2, 0) is 23.7 Å². The standard InChI is InChI=1S/C35H54O10/c1-16-12-35(27-32(6,44-27)28(40)45-35)43-18-13-31(5)20-8-7-19-29(2,3)22(42-26-25(39)24(38)17(36)14-41-26)11-21(37)34(19)15-33(20,34)10-9-30(31,4)23(16)18/h16-28,36-40H,7-15H2,1-6H3/t16-,17-,18+,19+,20+,21+,22+,23+,24+,25-,26+,27-,28?,30-,31+,32+,33+,34-,35-/m1/s1. The van der Waals surface area contributed by atoms with Crippen molar-refractivity contribution in [1.29, 1.82) is 0 Å². The molecule has 4 heterocycles. The summed E-state index contributed by atoms with van der Waals surface area (Å²) >= 11 is 0. The second-order valence-electron chi connectivity index (χ2n) is 18.4. The summed E-state index contributed by atoms with van der Waals surface area (Å²) in [6, 6.07) is 0. The third kappa shape index (κ3) is 3.37. The van der Waals surface area contributed by atoms with E-state index < -0.39 is 48.4 Å². The first-order valence-electron chi connectivity index (χ1n) is 17.7. The molecule has 0 amide bonds. The van der Waals surface area contributed by atoms with Crippen LogP contribution in [0.1, 0.15) is 92.9 Å². The topological polar surface area (TPSA) is 151 Å². The van der Waals surface area contributed by atoms with E-state index in [-0.39, 0.29) is 57.9 Å². The first kappa shape index (κ1) is 30.6. The van der Waals surface area contributed by atoms with Gasteiger partial charge in [0.25, 0.3) is 0 Å². The van der Waals surface area contributed by atoms with Gasteiger partial charge in [0.1, 0.15) is 30.0 Å². The summed E-state index contributed by atoms with van der Waals surface area (Å²) in [7, 11) is 0. The lowest BCUT2D eigenvalue weighted by Crippen LogP contribution is -2.63. The highest BCUT2D eigenvalue weighted by atomic mass is 16.8. The van der Waals surface area contributed by atoms with E-state index in [4.69, 9.17) is 23.7 Å². The number of aliphatic hydroxyl groups excluding tert-OH is 5. The summed E-state index contributed by atoms with van der Waals surface area (Å²) in [6.45, 7) is 13.7. The van der Waals surface area contributed by atoms with E-state index in [0.717, 1.165) is 44.9 Å². The third-order valence-corrected chi connectivity index (χ3v) is 16.5. The molecule has 0 aromatic rings. The van der Waals surface area contributed by atoms with Crippen LogP contribution in [0.5, 0.6) is 0 Å². The number of hydrogen-bond donors (Lipinski definition) is 5. The van der Waals surface area contributed by atoms with Crippen LogP contribution in [-0.4, -0.2) is 98.8 Å². The molecule has 0 bridgehead atoms. The van der Waals surface area contributed by atoms with E-state index in [0.29, 0.717) is 24.2 Å². The molecule has 10 heteroatoms. The van der Waals surface area contributed by atoms with Crippen molar-refractivity contribution in [2.45, 2.75) is 160 Å². The molecule has 254 valence electrons. The van der Waals surface area contributed by atoms with Gasteiger partial charge in [-0.15, -0.1) is 0 Å². The van der Waals surface area contributed by atoms with Crippen molar-refractivity contribution in [3.05, 3.63) is 0 Å². The van der Waals surface area contributed by atoms with Crippen molar-refractivity contribution in [1.82, 2.24) is 0 Å². The van der Waals surface area contributed by atoms with Crippen molar-refractivity contribution in [2.75, 3.05) is 6.61 Å². The Morgan fingerprint density at radius 2 is 1.53 bits per heavy atom. The molecular formula is C35H54O10. The number of epoxide rings is 1. The summed E-state index contributed by atoms with van der Waals surface area (Å²) < 4.78 is 31.2. The van der Waals surface area contributed by atoms with Crippen LogP contribution in [0.2, 0.25) is 0 Å². The minimum Gasteiger partial charge on any atom is -0.392 e. The van der Waals surface area contributed by atoms with Crippen molar-refractivity contribution >= 4 is 0 Å². The zero-order valence-electron chi connectivity index (χ0n) is 27.6. The predicted molar refractivity (Wildman–Crippen MR) is 158 cm³/mol. The van der Waals surface area contributed by atoms with E-state index >= 15 is 0 Å². The largest absolute Gasteiger partial charge is 0.392 e. The SMILES string of the molecule is C[C@@H]1C[C@]2(OC(O)[C@@]3(C)O[C@@H]23)O[C@H]2C[C@@]3(C)[C@@H]4CC[C@H]5C(C)(C)[C@@H](O[C@@H]6OC[C@@H](O)[C@H](O)[C@H]6O)C[C@H](O)[C@@]56C[C@@]46CC[C@]3(C)[C@@H]12. The van der Waals surface area contributed by atoms with Gasteiger partial charge >= 0.3 is 0 Å². The molecule has 45 heavy (non-hydrogen) atoms. The Balaban J connectivity index is 0.994. The molecule has 9 fully saturated rings. The molecule has 10 nitrogen and oxygen atoms in total. The molecule has 0 radical (unpaired) electrons. The van der Waals surface area contributed by atoms with Crippen molar-refractivity contribution < 1.29 is 49.2 Å². The maximum Gasteiger partial charge on any atom is 0.201 e. The molecule has 4 saturated heterocycles. The Morgan fingerprint density at radius 1 is 0.800 bits per heavy atom. The maximum atomic E-state index is 12.1. The highest BCUT2D eigenvalue weighted by Gasteiger charge is 2.86. The average molecular weight is 635 g/mol. The fourth-order valence-electron chi connectivity index (χ4n) is 14.2. The minimum atomic E-state index is -1.34. The molecule has 5 N–H and O–H groups in total. The first-order chi connectivity index (χ1) is 21.0. The number of aliphatic hydroxyl groups is 5. The smallest absolute Gasteiger partial charge is 0.201 e. The van der Waals surface area contributed by atoms with Crippen LogP contribution in [0, 0.1) is 50.7 Å². The van der Waals surface area contributed by atoms with Crippen molar-refractivity contribution in [2.24, 2.45) is 50.7 Å². The van der Waals surface area contributed by atoms with E-state index in [9.17, 15) is 25.5 Å². The van der Waals surface area contributed by atoms with Crippen molar-refractivity contribution in [3.8, 4) is 0 Å². The Labute approximate surface area is 266 Å². The molecule has 0 aromatic heterocycles. The fraction of sp³-hybridized carbons (Fsp3) is 1.00. The van der Waals surface area contributed by atoms with Gasteiger partial charge in [-0.1, -0.05) is 34.6 Å². The summed E-state index contributed by atoms with van der Waals surface area (Å²) in [4.78, 5) is 0. The normalized spacial score (nSPS) is 66.9. The molecule has 3 spiro atoms. The Hall–Kier alpha value is -0.400. The van der Waals surface area contributed by atoms with E-state index in [1.54, 1.807) is 0 Å². The number of rotatable bonds is 2. The monoisotopic (exact) mass is 634 g/mol. The highest BCUT2D eigenvalue weighted by molar-refractivity contribution is 5.33. The van der Waals surface area contributed by atoms with Crippen LogP contribution in [0.15, 0.2) is 0 Å². The second-order valence-corrected chi connectivity index (χ2v) is 18.4. The van der Waals surface area contributed by atoms with Gasteiger partial charge in [0.15, 0.2) is 12.6 Å². The summed E-state index contributed by atoms with van der Waals surface area (Å²) in [5.41, 5.74) is -0.855. The molecular weight excluding hydrogens is 580 g/mol.